The van der Waals surface area contributed by atoms with Gasteiger partial charge < -0.3 is 15.3 Å². The summed E-state index contributed by atoms with van der Waals surface area (Å²) in [7, 11) is 0. The summed E-state index contributed by atoms with van der Waals surface area (Å²) >= 11 is 0. The number of rotatable bonds is 5. The number of hydrogen-bond donors (Lipinski definition) is 3. The van der Waals surface area contributed by atoms with Crippen LogP contribution in [0.3, 0.4) is 0 Å². The van der Waals surface area contributed by atoms with Crippen molar-refractivity contribution in [1.29, 1.82) is 0 Å². The first-order valence-corrected chi connectivity index (χ1v) is 9.33. The Bertz CT molecular complexity index is 442. The van der Waals surface area contributed by atoms with Crippen molar-refractivity contribution in [2.45, 2.75) is 78.2 Å². The normalized spacial score (nSPS) is 40.7. The quantitative estimate of drug-likeness (QED) is 0.676. The van der Waals surface area contributed by atoms with Crippen molar-refractivity contribution < 1.29 is 15.3 Å². The Hall–Kier alpha value is -0.380. The highest BCUT2D eigenvalue weighted by Gasteiger charge is 2.60. The van der Waals surface area contributed by atoms with Gasteiger partial charge in [0.15, 0.2) is 0 Å². The second-order valence-electron chi connectivity index (χ2n) is 8.92. The molecule has 2 saturated carbocycles. The molecular formula is C20H36O3. The molecule has 3 heteroatoms. The fraction of sp³-hybridized carbons (Fsp3) is 0.900. The Balaban J connectivity index is 2.27. The minimum atomic E-state index is -0.683. The van der Waals surface area contributed by atoms with E-state index in [1.54, 1.807) is 6.08 Å². The molecule has 0 saturated heterocycles. The van der Waals surface area contributed by atoms with Gasteiger partial charge in [0.2, 0.25) is 0 Å². The maximum absolute atomic E-state index is 11.8. The molecule has 2 aliphatic rings. The lowest BCUT2D eigenvalue weighted by Crippen LogP contribution is -2.62. The minimum Gasteiger partial charge on any atom is -0.392 e. The summed E-state index contributed by atoms with van der Waals surface area (Å²) in [4.78, 5) is 0. The van der Waals surface area contributed by atoms with Crippen molar-refractivity contribution in [3.8, 4) is 0 Å². The molecule has 0 spiro atoms. The SMILES string of the molecule is C[C@@H]1CC[C@H]2C(C)(C)CCC[C@@]2(C)[C@]1(O)CC/C(=C/CO)CO. The summed E-state index contributed by atoms with van der Waals surface area (Å²) in [5.74, 6) is 0.844. The lowest BCUT2D eigenvalue weighted by atomic mass is 9.44. The van der Waals surface area contributed by atoms with Crippen LogP contribution in [0.25, 0.3) is 0 Å². The molecule has 4 atom stereocenters. The molecule has 0 aromatic rings. The van der Waals surface area contributed by atoms with Gasteiger partial charge in [-0.15, -0.1) is 0 Å². The zero-order valence-corrected chi connectivity index (χ0v) is 15.4. The molecule has 0 aliphatic heterocycles. The lowest BCUT2D eigenvalue weighted by molar-refractivity contribution is -0.211. The van der Waals surface area contributed by atoms with E-state index in [-0.39, 0.29) is 24.5 Å². The van der Waals surface area contributed by atoms with Crippen molar-refractivity contribution in [2.75, 3.05) is 13.2 Å². The van der Waals surface area contributed by atoms with Gasteiger partial charge in [0.1, 0.15) is 0 Å². The van der Waals surface area contributed by atoms with Crippen LogP contribution in [0, 0.1) is 22.7 Å². The second-order valence-corrected chi connectivity index (χ2v) is 8.92. The topological polar surface area (TPSA) is 60.7 Å². The highest BCUT2D eigenvalue weighted by molar-refractivity contribution is 5.13. The van der Waals surface area contributed by atoms with Gasteiger partial charge in [-0.1, -0.05) is 40.2 Å². The number of aliphatic hydroxyl groups excluding tert-OH is 2. The maximum atomic E-state index is 11.8. The second kappa shape index (κ2) is 6.85. The number of fused-ring (bicyclic) bond motifs is 1. The molecule has 0 amide bonds. The van der Waals surface area contributed by atoms with Crippen LogP contribution in [-0.4, -0.2) is 34.1 Å². The van der Waals surface area contributed by atoms with Crippen molar-refractivity contribution in [2.24, 2.45) is 22.7 Å². The summed E-state index contributed by atoms with van der Waals surface area (Å²) in [5.41, 5.74) is 0.402. The van der Waals surface area contributed by atoms with E-state index in [0.29, 0.717) is 24.2 Å². The van der Waals surface area contributed by atoms with Gasteiger partial charge in [-0.3, -0.25) is 0 Å². The Kier molecular flexibility index (Phi) is 5.65. The molecule has 0 radical (unpaired) electrons. The molecule has 3 nitrogen and oxygen atoms in total. The van der Waals surface area contributed by atoms with Gasteiger partial charge in [-0.2, -0.15) is 0 Å². The number of aliphatic hydroxyl groups is 3. The van der Waals surface area contributed by atoms with Gasteiger partial charge >= 0.3 is 0 Å². The van der Waals surface area contributed by atoms with E-state index in [2.05, 4.69) is 27.7 Å². The fourth-order valence-electron chi connectivity index (χ4n) is 5.83. The van der Waals surface area contributed by atoms with E-state index in [1.807, 2.05) is 0 Å². The van der Waals surface area contributed by atoms with E-state index >= 15 is 0 Å². The molecule has 0 aromatic heterocycles. The summed E-state index contributed by atoms with van der Waals surface area (Å²) in [6.45, 7) is 9.17. The van der Waals surface area contributed by atoms with Gasteiger partial charge in [-0.05, 0) is 66.8 Å². The molecule has 0 bridgehead atoms. The van der Waals surface area contributed by atoms with Crippen molar-refractivity contribution in [3.63, 3.8) is 0 Å². The Morgan fingerprint density at radius 3 is 2.43 bits per heavy atom. The zero-order valence-electron chi connectivity index (χ0n) is 15.4. The monoisotopic (exact) mass is 324 g/mol. The molecule has 0 heterocycles. The minimum absolute atomic E-state index is 0.0311. The first-order chi connectivity index (χ1) is 10.7. The Morgan fingerprint density at radius 1 is 1.13 bits per heavy atom. The van der Waals surface area contributed by atoms with Crippen LogP contribution in [0.5, 0.6) is 0 Å². The molecule has 2 aliphatic carbocycles. The third-order valence-electron chi connectivity index (χ3n) is 7.33. The molecule has 3 N–H and O–H groups in total. The summed E-state index contributed by atoms with van der Waals surface area (Å²) < 4.78 is 0. The van der Waals surface area contributed by atoms with Crippen molar-refractivity contribution >= 4 is 0 Å². The molecule has 134 valence electrons. The average Bonchev–Trinajstić information content (AvgIpc) is 2.48. The zero-order chi connectivity index (χ0) is 17.3. The van der Waals surface area contributed by atoms with Crippen LogP contribution in [0.1, 0.15) is 72.6 Å². The van der Waals surface area contributed by atoms with E-state index in [9.17, 15) is 10.2 Å². The van der Waals surface area contributed by atoms with E-state index in [0.717, 1.165) is 18.4 Å². The third-order valence-corrected chi connectivity index (χ3v) is 7.33. The van der Waals surface area contributed by atoms with E-state index in [4.69, 9.17) is 5.11 Å². The van der Waals surface area contributed by atoms with Crippen LogP contribution < -0.4 is 0 Å². The first kappa shape index (κ1) is 19.0. The Labute approximate surface area is 141 Å². The van der Waals surface area contributed by atoms with Gasteiger partial charge in [0.25, 0.3) is 0 Å². The lowest BCUT2D eigenvalue weighted by Gasteiger charge is -2.63. The summed E-state index contributed by atoms with van der Waals surface area (Å²) in [6, 6.07) is 0. The van der Waals surface area contributed by atoms with Gasteiger partial charge in [0, 0.05) is 0 Å². The Morgan fingerprint density at radius 2 is 1.83 bits per heavy atom. The van der Waals surface area contributed by atoms with Crippen molar-refractivity contribution in [3.05, 3.63) is 11.6 Å². The predicted octanol–water partition coefficient (Wildman–Crippen LogP) is 3.67. The average molecular weight is 325 g/mol. The van der Waals surface area contributed by atoms with Crippen LogP contribution in [0.15, 0.2) is 11.6 Å². The standard InChI is InChI=1S/C20H36O3/c1-15-6-7-17-18(2,3)10-5-11-19(17,4)20(15,23)12-8-16(14-22)9-13-21/h9,15,17,21-23H,5-8,10-14H2,1-4H3/b16-9-/t15-,17+,19-,20+/m1/s1. The molecule has 2 fully saturated rings. The highest BCUT2D eigenvalue weighted by Crippen LogP contribution is 2.63. The van der Waals surface area contributed by atoms with Crippen LogP contribution in [-0.2, 0) is 0 Å². The van der Waals surface area contributed by atoms with Crippen LogP contribution in [0.2, 0.25) is 0 Å². The van der Waals surface area contributed by atoms with E-state index in [1.165, 1.54) is 19.3 Å². The maximum Gasteiger partial charge on any atom is 0.0732 e. The molecule has 2 rings (SSSR count). The third kappa shape index (κ3) is 3.25. The van der Waals surface area contributed by atoms with Gasteiger partial charge in [-0.25, -0.2) is 0 Å². The molecule has 0 unspecified atom stereocenters. The molecule has 0 aromatic carbocycles. The largest absolute Gasteiger partial charge is 0.392 e. The van der Waals surface area contributed by atoms with Crippen LogP contribution >= 0.6 is 0 Å². The fourth-order valence-corrected chi connectivity index (χ4v) is 5.83. The summed E-state index contributed by atoms with van der Waals surface area (Å²) in [5, 5.41) is 30.3. The smallest absolute Gasteiger partial charge is 0.0732 e. The summed E-state index contributed by atoms with van der Waals surface area (Å²) in [6.07, 6.45) is 8.87. The van der Waals surface area contributed by atoms with Gasteiger partial charge in [0.05, 0.1) is 18.8 Å². The van der Waals surface area contributed by atoms with Crippen molar-refractivity contribution in [1.82, 2.24) is 0 Å². The molecular weight excluding hydrogens is 288 g/mol. The van der Waals surface area contributed by atoms with Crippen LogP contribution in [0.4, 0.5) is 0 Å². The van der Waals surface area contributed by atoms with E-state index < -0.39 is 5.60 Å². The number of hydrogen-bond acceptors (Lipinski definition) is 3. The highest BCUT2D eigenvalue weighted by atomic mass is 16.3. The predicted molar refractivity (Wildman–Crippen MR) is 94.1 cm³/mol. The first-order valence-electron chi connectivity index (χ1n) is 9.33. The molecule has 23 heavy (non-hydrogen) atoms.